The number of hydrogen-bond donors (Lipinski definition) is 1. The van der Waals surface area contributed by atoms with E-state index in [1.165, 1.54) is 0 Å². The number of carbonyl (C=O) groups is 1. The van der Waals surface area contributed by atoms with Gasteiger partial charge in [-0.25, -0.2) is 8.78 Å². The molecule has 0 saturated heterocycles. The lowest BCUT2D eigenvalue weighted by Crippen LogP contribution is -2.21. The highest BCUT2D eigenvalue weighted by atomic mass is 19.4. The predicted octanol–water partition coefficient (Wildman–Crippen LogP) is 2.09. The molecule has 0 saturated carbocycles. The highest BCUT2D eigenvalue weighted by Crippen LogP contribution is 2.36. The molecule has 0 radical (unpaired) electrons. The second-order valence-corrected chi connectivity index (χ2v) is 3.77. The molecule has 118 valence electrons. The molecule has 0 aliphatic heterocycles. The quantitative estimate of drug-likeness (QED) is 0.665. The first-order chi connectivity index (χ1) is 9.69. The van der Waals surface area contributed by atoms with Crippen molar-refractivity contribution in [3.8, 4) is 5.75 Å². The Labute approximate surface area is 115 Å². The highest BCUT2D eigenvalue weighted by Gasteiger charge is 2.35. The van der Waals surface area contributed by atoms with Crippen molar-refractivity contribution >= 4 is 5.97 Å². The van der Waals surface area contributed by atoms with Gasteiger partial charge >= 0.3 is 12.3 Å². The van der Waals surface area contributed by atoms with E-state index in [4.69, 9.17) is 5.73 Å². The summed E-state index contributed by atoms with van der Waals surface area (Å²) in [7, 11) is 1.07. The third-order valence-electron chi connectivity index (χ3n) is 2.46. The molecule has 5 nitrogen and oxygen atoms in total. The van der Waals surface area contributed by atoms with Crippen molar-refractivity contribution in [1.82, 2.24) is 4.98 Å². The molecule has 0 unspecified atom stereocenters. The summed E-state index contributed by atoms with van der Waals surface area (Å²) in [6, 6.07) is 0. The SMILES string of the molecule is COC(=O)Cc1ncc(OC(F)(F)F)c(C(F)F)c1CN. The van der Waals surface area contributed by atoms with E-state index in [-0.39, 0.29) is 11.3 Å². The van der Waals surface area contributed by atoms with Crippen molar-refractivity contribution in [1.29, 1.82) is 0 Å². The first kappa shape index (κ1) is 17.1. The van der Waals surface area contributed by atoms with E-state index in [9.17, 15) is 26.7 Å². The second kappa shape index (κ2) is 6.66. The molecule has 0 bridgehead atoms. The number of alkyl halides is 5. The maximum atomic E-state index is 13.0. The summed E-state index contributed by atoms with van der Waals surface area (Å²) in [5.41, 5.74) is 3.68. The van der Waals surface area contributed by atoms with Gasteiger partial charge in [-0.2, -0.15) is 0 Å². The number of esters is 1. The summed E-state index contributed by atoms with van der Waals surface area (Å²) in [5.74, 6) is -1.94. The van der Waals surface area contributed by atoms with Gasteiger partial charge in [0.2, 0.25) is 0 Å². The maximum Gasteiger partial charge on any atom is 0.573 e. The first-order valence-corrected chi connectivity index (χ1v) is 5.51. The van der Waals surface area contributed by atoms with Crippen LogP contribution in [0.3, 0.4) is 0 Å². The molecule has 0 amide bonds. The minimum Gasteiger partial charge on any atom is -0.469 e. The molecule has 0 fully saturated rings. The van der Waals surface area contributed by atoms with Gasteiger partial charge in [0.15, 0.2) is 5.75 Å². The summed E-state index contributed by atoms with van der Waals surface area (Å²) < 4.78 is 70.4. The Bertz CT molecular complexity index is 519. The number of nitrogens with two attached hydrogens (primary N) is 1. The Morgan fingerprint density at radius 1 is 1.43 bits per heavy atom. The fraction of sp³-hybridized carbons (Fsp3) is 0.455. The minimum atomic E-state index is -5.15. The number of rotatable bonds is 5. The lowest BCUT2D eigenvalue weighted by atomic mass is 10.0. The minimum absolute atomic E-state index is 0.186. The Morgan fingerprint density at radius 3 is 2.48 bits per heavy atom. The van der Waals surface area contributed by atoms with Crippen LogP contribution in [0.2, 0.25) is 0 Å². The lowest BCUT2D eigenvalue weighted by molar-refractivity contribution is -0.275. The smallest absolute Gasteiger partial charge is 0.469 e. The molecule has 1 aromatic heterocycles. The van der Waals surface area contributed by atoms with Gasteiger partial charge in [0.05, 0.1) is 31.0 Å². The standard InChI is InChI=1S/C11H11F5N2O3/c1-20-8(19)2-6-5(3-17)9(10(12)13)7(4-18-6)21-11(14,15)16/h4,10H,2-3,17H2,1H3. The van der Waals surface area contributed by atoms with Gasteiger partial charge in [0, 0.05) is 12.1 Å². The topological polar surface area (TPSA) is 74.4 Å². The molecule has 1 rings (SSSR count). The molecule has 1 aromatic rings. The summed E-state index contributed by atoms with van der Waals surface area (Å²) in [4.78, 5) is 14.7. The van der Waals surface area contributed by atoms with E-state index in [1.54, 1.807) is 0 Å². The molecule has 2 N–H and O–H groups in total. The third-order valence-corrected chi connectivity index (χ3v) is 2.46. The molecule has 1 heterocycles. The summed E-state index contributed by atoms with van der Waals surface area (Å²) in [6.07, 6.45) is -8.44. The van der Waals surface area contributed by atoms with Crippen molar-refractivity contribution in [2.45, 2.75) is 25.8 Å². The van der Waals surface area contributed by atoms with Crippen LogP contribution in [-0.4, -0.2) is 24.4 Å². The van der Waals surface area contributed by atoms with Crippen LogP contribution in [0.1, 0.15) is 23.2 Å². The Hall–Kier alpha value is -1.97. The van der Waals surface area contributed by atoms with Crippen LogP contribution in [0.15, 0.2) is 6.20 Å². The molecule has 0 spiro atoms. The lowest BCUT2D eigenvalue weighted by Gasteiger charge is -2.17. The normalized spacial score (nSPS) is 11.6. The molecule has 0 aromatic carbocycles. The summed E-state index contributed by atoms with van der Waals surface area (Å²) >= 11 is 0. The van der Waals surface area contributed by atoms with Crippen molar-refractivity contribution in [2.75, 3.05) is 7.11 Å². The largest absolute Gasteiger partial charge is 0.573 e. The number of aromatic nitrogens is 1. The number of pyridine rings is 1. The predicted molar refractivity (Wildman–Crippen MR) is 59.5 cm³/mol. The number of carbonyl (C=O) groups excluding carboxylic acids is 1. The van der Waals surface area contributed by atoms with Gasteiger partial charge in [0.25, 0.3) is 6.43 Å². The summed E-state index contributed by atoms with van der Waals surface area (Å²) in [6.45, 7) is -0.534. The van der Waals surface area contributed by atoms with E-state index in [1.807, 2.05) is 0 Å². The number of halogens is 5. The van der Waals surface area contributed by atoms with Crippen LogP contribution in [-0.2, 0) is 22.5 Å². The molecule has 0 aliphatic carbocycles. The zero-order valence-electron chi connectivity index (χ0n) is 10.7. The average molecular weight is 314 g/mol. The zero-order valence-corrected chi connectivity index (χ0v) is 10.7. The Balaban J connectivity index is 3.34. The van der Waals surface area contributed by atoms with Crippen molar-refractivity contribution in [2.24, 2.45) is 5.73 Å². The van der Waals surface area contributed by atoms with Gasteiger partial charge in [-0.05, 0) is 0 Å². The summed E-state index contributed by atoms with van der Waals surface area (Å²) in [5, 5.41) is 0. The van der Waals surface area contributed by atoms with Crippen molar-refractivity contribution < 1.29 is 36.2 Å². The molecule has 21 heavy (non-hydrogen) atoms. The zero-order chi connectivity index (χ0) is 16.2. The number of methoxy groups -OCH3 is 1. The second-order valence-electron chi connectivity index (χ2n) is 3.77. The Morgan fingerprint density at radius 2 is 2.05 bits per heavy atom. The van der Waals surface area contributed by atoms with Crippen LogP contribution < -0.4 is 10.5 Å². The van der Waals surface area contributed by atoms with E-state index < -0.39 is 43.0 Å². The van der Waals surface area contributed by atoms with Crippen LogP contribution in [0.4, 0.5) is 22.0 Å². The molecule has 0 aliphatic rings. The average Bonchev–Trinajstić information content (AvgIpc) is 2.37. The van der Waals surface area contributed by atoms with Crippen molar-refractivity contribution in [3.63, 3.8) is 0 Å². The third kappa shape index (κ3) is 4.52. The van der Waals surface area contributed by atoms with Gasteiger partial charge in [-0.15, -0.1) is 13.2 Å². The van der Waals surface area contributed by atoms with Gasteiger partial charge < -0.3 is 15.2 Å². The first-order valence-electron chi connectivity index (χ1n) is 5.51. The van der Waals surface area contributed by atoms with E-state index in [2.05, 4.69) is 14.5 Å². The van der Waals surface area contributed by atoms with Crippen LogP contribution in [0.25, 0.3) is 0 Å². The van der Waals surface area contributed by atoms with E-state index >= 15 is 0 Å². The number of nitrogens with zero attached hydrogens (tertiary/aromatic N) is 1. The monoisotopic (exact) mass is 314 g/mol. The highest BCUT2D eigenvalue weighted by molar-refractivity contribution is 5.72. The maximum absolute atomic E-state index is 13.0. The van der Waals surface area contributed by atoms with E-state index in [0.717, 1.165) is 7.11 Å². The van der Waals surface area contributed by atoms with Gasteiger partial charge in [-0.1, -0.05) is 0 Å². The fourth-order valence-corrected chi connectivity index (χ4v) is 1.62. The van der Waals surface area contributed by atoms with E-state index in [0.29, 0.717) is 6.20 Å². The molecule has 0 atom stereocenters. The van der Waals surface area contributed by atoms with Gasteiger partial charge in [0.1, 0.15) is 0 Å². The number of ether oxygens (including phenoxy) is 2. The molecular formula is C11H11F5N2O3. The van der Waals surface area contributed by atoms with Gasteiger partial charge in [-0.3, -0.25) is 9.78 Å². The van der Waals surface area contributed by atoms with Crippen molar-refractivity contribution in [3.05, 3.63) is 23.0 Å². The Kier molecular flexibility index (Phi) is 5.41. The van der Waals surface area contributed by atoms with Crippen LogP contribution in [0, 0.1) is 0 Å². The molecular weight excluding hydrogens is 303 g/mol. The van der Waals surface area contributed by atoms with Crippen LogP contribution in [0.5, 0.6) is 5.75 Å². The number of hydrogen-bond acceptors (Lipinski definition) is 5. The fourth-order valence-electron chi connectivity index (χ4n) is 1.62. The molecule has 10 heteroatoms. The van der Waals surface area contributed by atoms with Crippen LogP contribution >= 0.6 is 0 Å².